The summed E-state index contributed by atoms with van der Waals surface area (Å²) in [4.78, 5) is 9.29. The Labute approximate surface area is 156 Å². The van der Waals surface area contributed by atoms with E-state index < -0.39 is 0 Å². The Morgan fingerprint density at radius 2 is 1.85 bits per heavy atom. The summed E-state index contributed by atoms with van der Waals surface area (Å²) in [5.74, 6) is 1.44. The van der Waals surface area contributed by atoms with Crippen molar-refractivity contribution < 1.29 is 4.74 Å². The number of nitrogens with one attached hydrogen (secondary N) is 1. The Hall–Kier alpha value is -3.85. The minimum atomic E-state index is 0.504. The summed E-state index contributed by atoms with van der Waals surface area (Å²) in [5.41, 5.74) is 4.46. The second kappa shape index (κ2) is 6.81. The molecule has 6 heteroatoms. The summed E-state index contributed by atoms with van der Waals surface area (Å²) >= 11 is 0. The van der Waals surface area contributed by atoms with E-state index in [2.05, 4.69) is 16.4 Å². The van der Waals surface area contributed by atoms with Gasteiger partial charge < -0.3 is 10.1 Å². The number of nitrogens with zero attached hydrogens (tertiary/aromatic N) is 4. The number of imidazole rings is 1. The van der Waals surface area contributed by atoms with E-state index in [4.69, 9.17) is 9.72 Å². The van der Waals surface area contributed by atoms with Crippen LogP contribution in [0, 0.1) is 18.3 Å². The van der Waals surface area contributed by atoms with E-state index in [0.717, 1.165) is 28.5 Å². The maximum atomic E-state index is 9.56. The van der Waals surface area contributed by atoms with Crippen LogP contribution in [0.4, 0.5) is 11.5 Å². The molecule has 3 aromatic heterocycles. The number of benzene rings is 1. The number of pyridine rings is 2. The van der Waals surface area contributed by atoms with Crippen molar-refractivity contribution in [2.24, 2.45) is 0 Å². The van der Waals surface area contributed by atoms with Gasteiger partial charge in [0.05, 0.1) is 24.1 Å². The van der Waals surface area contributed by atoms with Crippen molar-refractivity contribution in [2.75, 3.05) is 12.4 Å². The Kier molecular flexibility index (Phi) is 4.19. The van der Waals surface area contributed by atoms with Crippen molar-refractivity contribution in [2.45, 2.75) is 6.92 Å². The van der Waals surface area contributed by atoms with E-state index in [1.807, 2.05) is 60.0 Å². The first kappa shape index (κ1) is 16.6. The first-order chi connectivity index (χ1) is 13.2. The molecule has 0 aliphatic carbocycles. The van der Waals surface area contributed by atoms with Gasteiger partial charge >= 0.3 is 0 Å². The van der Waals surface area contributed by atoms with Crippen LogP contribution in [-0.2, 0) is 0 Å². The molecule has 6 nitrogen and oxygen atoms in total. The topological polar surface area (TPSA) is 75.2 Å². The van der Waals surface area contributed by atoms with Gasteiger partial charge in [0.25, 0.3) is 0 Å². The zero-order valence-electron chi connectivity index (χ0n) is 15.0. The van der Waals surface area contributed by atoms with Crippen LogP contribution >= 0.6 is 0 Å². The predicted octanol–water partition coefficient (Wildman–Crippen LogP) is 4.33. The molecule has 27 heavy (non-hydrogen) atoms. The molecule has 0 radical (unpaired) electrons. The number of fused-ring (bicyclic) bond motifs is 1. The summed E-state index contributed by atoms with van der Waals surface area (Å²) in [6.45, 7) is 1.93. The highest BCUT2D eigenvalue weighted by Crippen LogP contribution is 2.28. The Bertz CT molecular complexity index is 1160. The molecular weight excluding hydrogens is 338 g/mol. The van der Waals surface area contributed by atoms with Crippen molar-refractivity contribution in [3.05, 3.63) is 72.1 Å². The van der Waals surface area contributed by atoms with Gasteiger partial charge in [-0.05, 0) is 55.5 Å². The largest absolute Gasteiger partial charge is 0.497 e. The Morgan fingerprint density at radius 3 is 2.59 bits per heavy atom. The number of anilines is 2. The van der Waals surface area contributed by atoms with Gasteiger partial charge in [0.2, 0.25) is 0 Å². The molecule has 0 saturated heterocycles. The van der Waals surface area contributed by atoms with Crippen molar-refractivity contribution in [1.82, 2.24) is 14.4 Å². The lowest BCUT2D eigenvalue weighted by Crippen LogP contribution is -2.00. The van der Waals surface area contributed by atoms with Crippen LogP contribution in [0.15, 0.2) is 60.8 Å². The molecule has 0 fully saturated rings. The van der Waals surface area contributed by atoms with E-state index in [9.17, 15) is 5.26 Å². The highest BCUT2D eigenvalue weighted by atomic mass is 16.5. The standard InChI is InChI=1S/C21H17N5O/c1-14-21(26-12-4-3-5-19(26)23-14)20-15(13-22)6-11-18(25-20)24-16-7-9-17(27-2)10-8-16/h3-12H,1-2H3,(H,24,25). The van der Waals surface area contributed by atoms with E-state index in [1.165, 1.54) is 0 Å². The van der Waals surface area contributed by atoms with Gasteiger partial charge in [-0.15, -0.1) is 0 Å². The van der Waals surface area contributed by atoms with Gasteiger partial charge in [-0.2, -0.15) is 5.26 Å². The number of hydrogen-bond donors (Lipinski definition) is 1. The fourth-order valence-electron chi connectivity index (χ4n) is 3.02. The van der Waals surface area contributed by atoms with Crippen LogP contribution in [0.1, 0.15) is 11.3 Å². The summed E-state index contributed by atoms with van der Waals surface area (Å²) < 4.78 is 7.14. The second-order valence-electron chi connectivity index (χ2n) is 6.03. The lowest BCUT2D eigenvalue weighted by molar-refractivity contribution is 0.415. The number of hydrogen-bond acceptors (Lipinski definition) is 5. The average Bonchev–Trinajstić information content (AvgIpc) is 3.04. The first-order valence-electron chi connectivity index (χ1n) is 8.46. The summed E-state index contributed by atoms with van der Waals surface area (Å²) in [6, 6.07) is 19.2. The molecule has 1 N–H and O–H groups in total. The highest BCUT2D eigenvalue weighted by molar-refractivity contribution is 5.72. The molecule has 0 amide bonds. The minimum Gasteiger partial charge on any atom is -0.497 e. The zero-order chi connectivity index (χ0) is 18.8. The molecule has 1 aromatic carbocycles. The van der Waals surface area contributed by atoms with Crippen molar-refractivity contribution in [3.63, 3.8) is 0 Å². The van der Waals surface area contributed by atoms with Gasteiger partial charge in [0.15, 0.2) is 0 Å². The molecular formula is C21H17N5O. The molecule has 0 atom stereocenters. The SMILES string of the molecule is COc1ccc(Nc2ccc(C#N)c(-c3c(C)nc4ccccn34)n2)cc1. The van der Waals surface area contributed by atoms with Gasteiger partial charge in [0.1, 0.15) is 29.0 Å². The number of rotatable bonds is 4. The third-order valence-corrected chi connectivity index (χ3v) is 4.31. The molecule has 0 aliphatic heterocycles. The molecule has 0 bridgehead atoms. The molecule has 3 heterocycles. The quantitative estimate of drug-likeness (QED) is 0.590. The smallest absolute Gasteiger partial charge is 0.137 e. The van der Waals surface area contributed by atoms with Crippen molar-refractivity contribution >= 4 is 17.2 Å². The number of nitriles is 1. The molecule has 0 saturated carbocycles. The summed E-state index contributed by atoms with van der Waals surface area (Å²) in [7, 11) is 1.63. The van der Waals surface area contributed by atoms with Gasteiger partial charge in [-0.3, -0.25) is 4.40 Å². The van der Waals surface area contributed by atoms with Gasteiger partial charge in [0, 0.05) is 11.9 Å². The van der Waals surface area contributed by atoms with E-state index in [-0.39, 0.29) is 0 Å². The average molecular weight is 355 g/mol. The molecule has 4 rings (SSSR count). The third kappa shape index (κ3) is 3.07. The monoisotopic (exact) mass is 355 g/mol. The van der Waals surface area contributed by atoms with Crippen LogP contribution in [-0.4, -0.2) is 21.5 Å². The first-order valence-corrected chi connectivity index (χ1v) is 8.46. The molecule has 0 unspecified atom stereocenters. The highest BCUT2D eigenvalue weighted by Gasteiger charge is 2.16. The van der Waals surface area contributed by atoms with E-state index in [1.54, 1.807) is 19.2 Å². The van der Waals surface area contributed by atoms with Crippen LogP contribution in [0.25, 0.3) is 17.0 Å². The van der Waals surface area contributed by atoms with Gasteiger partial charge in [-0.25, -0.2) is 9.97 Å². The molecule has 0 spiro atoms. The van der Waals surface area contributed by atoms with E-state index in [0.29, 0.717) is 17.1 Å². The van der Waals surface area contributed by atoms with Crippen LogP contribution in [0.2, 0.25) is 0 Å². The minimum absolute atomic E-state index is 0.504. The number of ether oxygens (including phenoxy) is 1. The van der Waals surface area contributed by atoms with Crippen LogP contribution < -0.4 is 10.1 Å². The Balaban J connectivity index is 1.79. The fourth-order valence-corrected chi connectivity index (χ4v) is 3.02. The third-order valence-electron chi connectivity index (χ3n) is 4.31. The summed E-state index contributed by atoms with van der Waals surface area (Å²) in [6.07, 6.45) is 1.93. The summed E-state index contributed by atoms with van der Waals surface area (Å²) in [5, 5.41) is 12.8. The normalized spacial score (nSPS) is 10.6. The fraction of sp³-hybridized carbons (Fsp3) is 0.0952. The van der Waals surface area contributed by atoms with E-state index >= 15 is 0 Å². The molecule has 132 valence electrons. The lowest BCUT2D eigenvalue weighted by Gasteiger charge is -2.10. The maximum absolute atomic E-state index is 9.56. The number of aromatic nitrogens is 3. The maximum Gasteiger partial charge on any atom is 0.137 e. The number of aryl methyl sites for hydroxylation is 1. The van der Waals surface area contributed by atoms with Crippen LogP contribution in [0.3, 0.4) is 0 Å². The number of methoxy groups -OCH3 is 1. The Morgan fingerprint density at radius 1 is 1.04 bits per heavy atom. The van der Waals surface area contributed by atoms with Gasteiger partial charge in [-0.1, -0.05) is 6.07 Å². The van der Waals surface area contributed by atoms with Crippen molar-refractivity contribution in [1.29, 1.82) is 5.26 Å². The molecule has 0 aliphatic rings. The lowest BCUT2D eigenvalue weighted by atomic mass is 10.1. The van der Waals surface area contributed by atoms with Crippen LogP contribution in [0.5, 0.6) is 5.75 Å². The predicted molar refractivity (Wildman–Crippen MR) is 104 cm³/mol. The molecule has 4 aromatic rings. The second-order valence-corrected chi connectivity index (χ2v) is 6.03. The van der Waals surface area contributed by atoms with Crippen molar-refractivity contribution in [3.8, 4) is 23.2 Å². The zero-order valence-corrected chi connectivity index (χ0v) is 15.0.